The molecular weight excluding hydrogens is 378 g/mol. The Morgan fingerprint density at radius 1 is 1.21 bits per heavy atom. The highest BCUT2D eigenvalue weighted by Crippen LogP contribution is 2.18. The van der Waals surface area contributed by atoms with E-state index in [-0.39, 0.29) is 28.9 Å². The normalized spacial score (nSPS) is 14.8. The summed E-state index contributed by atoms with van der Waals surface area (Å²) in [4.78, 5) is 18.6. The highest BCUT2D eigenvalue weighted by molar-refractivity contribution is 7.89. The Morgan fingerprint density at radius 2 is 1.86 bits per heavy atom. The summed E-state index contributed by atoms with van der Waals surface area (Å²) >= 11 is 0. The number of nitrogens with one attached hydrogen (secondary N) is 1. The van der Waals surface area contributed by atoms with Gasteiger partial charge in [-0.2, -0.15) is 0 Å². The maximum absolute atomic E-state index is 12.5. The fourth-order valence-corrected chi connectivity index (χ4v) is 4.29. The number of oxazole rings is 1. The Hall–Kier alpha value is -2.19. The van der Waals surface area contributed by atoms with Crippen molar-refractivity contribution in [2.75, 3.05) is 13.1 Å². The van der Waals surface area contributed by atoms with Gasteiger partial charge in [0, 0.05) is 13.1 Å². The van der Waals surface area contributed by atoms with Crippen LogP contribution in [-0.2, 0) is 23.0 Å². The first kappa shape index (κ1) is 20.5. The van der Waals surface area contributed by atoms with Crippen LogP contribution in [-0.4, -0.2) is 37.3 Å². The largest absolute Gasteiger partial charge is 0.444 e. The Kier molecular flexibility index (Phi) is 6.20. The highest BCUT2D eigenvalue weighted by Gasteiger charge is 2.25. The second-order valence-electron chi connectivity index (χ2n) is 7.58. The van der Waals surface area contributed by atoms with Gasteiger partial charge in [0.25, 0.3) is 5.91 Å². The molecule has 152 valence electrons. The van der Waals surface area contributed by atoms with Crippen molar-refractivity contribution < 1.29 is 17.6 Å². The van der Waals surface area contributed by atoms with Crippen molar-refractivity contribution in [3.63, 3.8) is 0 Å². The minimum Gasteiger partial charge on any atom is -0.444 e. The lowest BCUT2D eigenvalue weighted by atomic mass is 10.0. The van der Waals surface area contributed by atoms with Gasteiger partial charge in [-0.1, -0.05) is 26.0 Å². The predicted octanol–water partition coefficient (Wildman–Crippen LogP) is 2.90. The van der Waals surface area contributed by atoms with E-state index in [1.807, 2.05) is 12.1 Å². The molecule has 0 spiro atoms. The highest BCUT2D eigenvalue weighted by atomic mass is 32.2. The number of carbonyl (C=O) groups is 1. The molecule has 1 amide bonds. The minimum atomic E-state index is -3.69. The SMILES string of the molecule is Cc1oc(CNS(=O)(=O)c2ccc(CC(C)C)cc2)nc1C(=O)N1CCCC1. The first-order valence-electron chi connectivity index (χ1n) is 9.60. The number of benzene rings is 1. The van der Waals surface area contributed by atoms with Gasteiger partial charge in [-0.15, -0.1) is 0 Å². The molecule has 1 fully saturated rings. The Balaban J connectivity index is 1.66. The number of aryl methyl sites for hydroxylation is 1. The van der Waals surface area contributed by atoms with Crippen molar-refractivity contribution in [1.29, 1.82) is 0 Å². The molecule has 8 heteroatoms. The monoisotopic (exact) mass is 405 g/mol. The maximum atomic E-state index is 12.5. The maximum Gasteiger partial charge on any atom is 0.276 e. The minimum absolute atomic E-state index is 0.107. The average molecular weight is 406 g/mol. The first-order chi connectivity index (χ1) is 13.3. The van der Waals surface area contributed by atoms with Crippen LogP contribution in [0.2, 0.25) is 0 Å². The van der Waals surface area contributed by atoms with Crippen molar-refractivity contribution in [3.05, 3.63) is 47.2 Å². The molecule has 1 aromatic carbocycles. The van der Waals surface area contributed by atoms with E-state index in [2.05, 4.69) is 23.6 Å². The third-order valence-corrected chi connectivity index (χ3v) is 6.14. The lowest BCUT2D eigenvalue weighted by Gasteiger charge is -2.13. The van der Waals surface area contributed by atoms with Gasteiger partial charge in [0.1, 0.15) is 5.76 Å². The van der Waals surface area contributed by atoms with Crippen molar-refractivity contribution in [2.45, 2.75) is 51.5 Å². The summed E-state index contributed by atoms with van der Waals surface area (Å²) in [5.74, 6) is 0.934. The van der Waals surface area contributed by atoms with E-state index in [0.29, 0.717) is 11.7 Å². The van der Waals surface area contributed by atoms with Gasteiger partial charge >= 0.3 is 0 Å². The third kappa shape index (κ3) is 4.80. The van der Waals surface area contributed by atoms with Gasteiger partial charge in [-0.25, -0.2) is 18.1 Å². The van der Waals surface area contributed by atoms with E-state index in [1.165, 1.54) is 0 Å². The molecule has 0 bridgehead atoms. The molecule has 1 N–H and O–H groups in total. The van der Waals surface area contributed by atoms with E-state index in [9.17, 15) is 13.2 Å². The van der Waals surface area contributed by atoms with Crippen LogP contribution < -0.4 is 4.72 Å². The predicted molar refractivity (Wildman–Crippen MR) is 105 cm³/mol. The molecule has 2 aromatic rings. The topological polar surface area (TPSA) is 92.5 Å². The molecule has 0 radical (unpaired) electrons. The lowest BCUT2D eigenvalue weighted by Crippen LogP contribution is -2.28. The molecule has 3 rings (SSSR count). The van der Waals surface area contributed by atoms with Crippen molar-refractivity contribution in [3.8, 4) is 0 Å². The van der Waals surface area contributed by atoms with Gasteiger partial charge in [-0.05, 0) is 49.8 Å². The van der Waals surface area contributed by atoms with Crippen LogP contribution >= 0.6 is 0 Å². The molecule has 2 heterocycles. The summed E-state index contributed by atoms with van der Waals surface area (Å²) in [6, 6.07) is 6.86. The standard InChI is InChI=1S/C20H27N3O4S/c1-14(2)12-16-6-8-17(9-7-16)28(25,26)21-13-18-22-19(15(3)27-18)20(24)23-10-4-5-11-23/h6-9,14,21H,4-5,10-13H2,1-3H3. The number of amides is 1. The number of rotatable bonds is 7. The Morgan fingerprint density at radius 3 is 2.46 bits per heavy atom. The molecular formula is C20H27N3O4S. The molecule has 28 heavy (non-hydrogen) atoms. The van der Waals surface area contributed by atoms with Crippen LogP contribution in [0.3, 0.4) is 0 Å². The summed E-state index contributed by atoms with van der Waals surface area (Å²) in [5, 5.41) is 0. The van der Waals surface area contributed by atoms with Crippen LogP contribution in [0.5, 0.6) is 0 Å². The van der Waals surface area contributed by atoms with E-state index in [1.54, 1.807) is 24.0 Å². The molecule has 0 saturated carbocycles. The fourth-order valence-electron chi connectivity index (χ4n) is 3.31. The fraction of sp³-hybridized carbons (Fsp3) is 0.500. The molecule has 7 nitrogen and oxygen atoms in total. The summed E-state index contributed by atoms with van der Waals surface area (Å²) in [7, 11) is -3.69. The first-order valence-corrected chi connectivity index (χ1v) is 11.1. The van der Waals surface area contributed by atoms with Gasteiger partial charge in [0.2, 0.25) is 15.9 Å². The van der Waals surface area contributed by atoms with E-state index in [0.717, 1.165) is 37.9 Å². The number of hydrogen-bond acceptors (Lipinski definition) is 5. The summed E-state index contributed by atoms with van der Waals surface area (Å²) in [6.45, 7) is 7.24. The zero-order valence-corrected chi connectivity index (χ0v) is 17.4. The number of nitrogens with zero attached hydrogens (tertiary/aromatic N) is 2. The summed E-state index contributed by atoms with van der Waals surface area (Å²) in [6.07, 6.45) is 2.88. The second-order valence-corrected chi connectivity index (χ2v) is 9.35. The van der Waals surface area contributed by atoms with Crippen LogP contribution in [0, 0.1) is 12.8 Å². The quantitative estimate of drug-likeness (QED) is 0.765. The van der Waals surface area contributed by atoms with E-state index < -0.39 is 10.0 Å². The molecule has 1 aliphatic rings. The smallest absolute Gasteiger partial charge is 0.276 e. The zero-order chi connectivity index (χ0) is 20.3. The summed E-state index contributed by atoms with van der Waals surface area (Å²) in [5.41, 5.74) is 1.36. The molecule has 0 atom stereocenters. The number of carbonyl (C=O) groups excluding carboxylic acids is 1. The molecule has 0 aliphatic carbocycles. The van der Waals surface area contributed by atoms with Crippen LogP contribution in [0.4, 0.5) is 0 Å². The Bertz CT molecular complexity index is 927. The zero-order valence-electron chi connectivity index (χ0n) is 16.6. The molecule has 1 aliphatic heterocycles. The number of likely N-dealkylation sites (tertiary alicyclic amines) is 1. The van der Waals surface area contributed by atoms with Crippen LogP contribution in [0.1, 0.15) is 54.4 Å². The average Bonchev–Trinajstić information content (AvgIpc) is 3.29. The van der Waals surface area contributed by atoms with E-state index >= 15 is 0 Å². The van der Waals surface area contributed by atoms with Gasteiger partial charge in [0.05, 0.1) is 11.4 Å². The second kappa shape index (κ2) is 8.45. The molecule has 1 saturated heterocycles. The van der Waals surface area contributed by atoms with Crippen molar-refractivity contribution >= 4 is 15.9 Å². The number of hydrogen-bond donors (Lipinski definition) is 1. The Labute approximate surface area is 166 Å². The van der Waals surface area contributed by atoms with Crippen molar-refractivity contribution in [2.24, 2.45) is 5.92 Å². The lowest BCUT2D eigenvalue weighted by molar-refractivity contribution is 0.0786. The van der Waals surface area contributed by atoms with Gasteiger partial charge < -0.3 is 9.32 Å². The number of sulfonamides is 1. The van der Waals surface area contributed by atoms with Gasteiger partial charge in [-0.3, -0.25) is 4.79 Å². The van der Waals surface area contributed by atoms with Gasteiger partial charge in [0.15, 0.2) is 5.69 Å². The molecule has 1 aromatic heterocycles. The number of aromatic nitrogens is 1. The van der Waals surface area contributed by atoms with E-state index in [4.69, 9.17) is 4.42 Å². The third-order valence-electron chi connectivity index (χ3n) is 4.73. The van der Waals surface area contributed by atoms with Crippen LogP contribution in [0.15, 0.2) is 33.6 Å². The van der Waals surface area contributed by atoms with Crippen LogP contribution in [0.25, 0.3) is 0 Å². The molecule has 0 unspecified atom stereocenters. The van der Waals surface area contributed by atoms with Crippen molar-refractivity contribution in [1.82, 2.24) is 14.6 Å². The summed E-state index contributed by atoms with van der Waals surface area (Å²) < 4.78 is 33.0.